The maximum absolute atomic E-state index is 9.15. The van der Waals surface area contributed by atoms with Crippen LogP contribution in [0.2, 0.25) is 0 Å². The van der Waals surface area contributed by atoms with Crippen LogP contribution in [0.1, 0.15) is 27.8 Å². The molecule has 0 spiro atoms. The van der Waals surface area contributed by atoms with Crippen LogP contribution < -0.4 is 5.73 Å². The Bertz CT molecular complexity index is 802. The molecule has 0 unspecified atom stereocenters. The Morgan fingerprint density at radius 1 is 1.17 bits per heavy atom. The van der Waals surface area contributed by atoms with Crippen molar-refractivity contribution in [2.75, 3.05) is 0 Å². The number of thioether (sulfide) groups is 1. The number of nitrogens with two attached hydrogens (primary N) is 1. The number of nitrogens with zero attached hydrogens (tertiary/aromatic N) is 1. The molecule has 2 aromatic carbocycles. The molecule has 0 aliphatic rings. The first kappa shape index (κ1) is 18.3. The number of benzene rings is 2. The van der Waals surface area contributed by atoms with Gasteiger partial charge in [0.05, 0.1) is 5.57 Å². The van der Waals surface area contributed by atoms with Crippen molar-refractivity contribution in [1.29, 1.82) is 5.26 Å². The van der Waals surface area contributed by atoms with E-state index in [4.69, 9.17) is 23.2 Å². The molecule has 0 aliphatic heterocycles. The van der Waals surface area contributed by atoms with Crippen molar-refractivity contribution in [3.63, 3.8) is 0 Å². The Morgan fingerprint density at radius 3 is 2.50 bits per heavy atom. The molecule has 0 saturated heterocycles. The van der Waals surface area contributed by atoms with Crippen LogP contribution in [0.15, 0.2) is 48.0 Å². The summed E-state index contributed by atoms with van der Waals surface area (Å²) < 4.78 is 0. The summed E-state index contributed by atoms with van der Waals surface area (Å²) in [6.45, 7) is 4.16. The third-order valence-electron chi connectivity index (χ3n) is 3.78. The van der Waals surface area contributed by atoms with Crippen molar-refractivity contribution in [1.82, 2.24) is 0 Å². The summed E-state index contributed by atoms with van der Waals surface area (Å²) in [5.74, 6) is 1.91. The van der Waals surface area contributed by atoms with E-state index >= 15 is 0 Å². The Morgan fingerprint density at radius 2 is 1.88 bits per heavy atom. The first-order valence-electron chi connectivity index (χ1n) is 7.64. The third kappa shape index (κ3) is 4.95. The maximum Gasteiger partial charge on any atom is 0.114 e. The number of nitriles is 1. The molecule has 0 saturated carbocycles. The summed E-state index contributed by atoms with van der Waals surface area (Å²) in [6, 6.07) is 16.8. The van der Waals surface area contributed by atoms with E-state index in [2.05, 4.69) is 49.4 Å². The fraction of sp³-hybridized carbons (Fsp3) is 0.200. The average molecular weight is 353 g/mol. The fourth-order valence-electron chi connectivity index (χ4n) is 2.39. The van der Waals surface area contributed by atoms with Crippen LogP contribution in [0, 0.1) is 25.2 Å². The lowest BCUT2D eigenvalue weighted by molar-refractivity contribution is 1.26. The van der Waals surface area contributed by atoms with Crippen LogP contribution in [0.5, 0.6) is 0 Å². The quantitative estimate of drug-likeness (QED) is 0.455. The first-order valence-corrected chi connectivity index (χ1v) is 9.21. The highest BCUT2D eigenvalue weighted by Gasteiger charge is 2.06. The highest BCUT2D eigenvalue weighted by Crippen LogP contribution is 2.24. The van der Waals surface area contributed by atoms with Crippen LogP contribution in [-0.4, -0.2) is 4.99 Å². The highest BCUT2D eigenvalue weighted by molar-refractivity contribution is 7.97. The second-order valence-electron chi connectivity index (χ2n) is 5.65. The molecule has 0 aromatic heterocycles. The molecule has 0 aliphatic carbocycles. The van der Waals surface area contributed by atoms with Crippen LogP contribution >= 0.6 is 24.0 Å². The normalized spacial score (nSPS) is 11.1. The molecule has 2 N–H and O–H groups in total. The lowest BCUT2D eigenvalue weighted by Gasteiger charge is -2.11. The van der Waals surface area contributed by atoms with Crippen LogP contribution in [-0.2, 0) is 11.5 Å². The fourth-order valence-corrected chi connectivity index (χ4v) is 3.56. The zero-order valence-electron chi connectivity index (χ0n) is 13.9. The highest BCUT2D eigenvalue weighted by atomic mass is 32.2. The minimum Gasteiger partial charge on any atom is -0.389 e. The van der Waals surface area contributed by atoms with E-state index in [-0.39, 0.29) is 4.99 Å². The van der Waals surface area contributed by atoms with Crippen molar-refractivity contribution >= 4 is 35.0 Å². The minimum absolute atomic E-state index is 0.137. The summed E-state index contributed by atoms with van der Waals surface area (Å²) in [4.78, 5) is 0.137. The van der Waals surface area contributed by atoms with Crippen LogP contribution in [0.3, 0.4) is 0 Å². The van der Waals surface area contributed by atoms with Gasteiger partial charge in [0, 0.05) is 11.5 Å². The SMILES string of the molecule is Cc1cc(C)c(CSCc2ccccc2)cc1C=C(C#N)C(N)=S. The zero-order chi connectivity index (χ0) is 17.5. The summed E-state index contributed by atoms with van der Waals surface area (Å²) in [5, 5.41) is 9.15. The van der Waals surface area contributed by atoms with Crippen molar-refractivity contribution in [2.45, 2.75) is 25.4 Å². The molecule has 0 heterocycles. The van der Waals surface area contributed by atoms with Gasteiger partial charge in [0.1, 0.15) is 11.1 Å². The van der Waals surface area contributed by atoms with Gasteiger partial charge in [-0.15, -0.1) is 0 Å². The van der Waals surface area contributed by atoms with E-state index in [0.29, 0.717) is 5.57 Å². The van der Waals surface area contributed by atoms with E-state index in [1.807, 2.05) is 24.8 Å². The molecule has 0 radical (unpaired) electrons. The van der Waals surface area contributed by atoms with E-state index in [0.717, 1.165) is 22.6 Å². The first-order chi connectivity index (χ1) is 11.5. The topological polar surface area (TPSA) is 49.8 Å². The van der Waals surface area contributed by atoms with Crippen molar-refractivity contribution in [2.24, 2.45) is 5.73 Å². The molecule has 4 heteroatoms. The molecule has 0 fully saturated rings. The van der Waals surface area contributed by atoms with Crippen molar-refractivity contribution < 1.29 is 0 Å². The van der Waals surface area contributed by atoms with Gasteiger partial charge in [-0.3, -0.25) is 0 Å². The van der Waals surface area contributed by atoms with E-state index in [1.54, 1.807) is 6.08 Å². The standard InChI is InChI=1S/C20H20N2S2/c1-14-8-15(2)19(10-17(14)9-18(11-21)20(22)23)13-24-12-16-6-4-3-5-7-16/h3-10H,12-13H2,1-2H3,(H2,22,23). The molecule has 2 rings (SSSR count). The van der Waals surface area contributed by atoms with Crippen LogP contribution in [0.4, 0.5) is 0 Å². The Hall–Kier alpha value is -2.09. The summed E-state index contributed by atoms with van der Waals surface area (Å²) in [7, 11) is 0. The van der Waals surface area contributed by atoms with Crippen molar-refractivity contribution in [3.8, 4) is 6.07 Å². The summed E-state index contributed by atoms with van der Waals surface area (Å²) in [5.41, 5.74) is 11.9. The van der Waals surface area contributed by atoms with Gasteiger partial charge in [0.25, 0.3) is 0 Å². The zero-order valence-corrected chi connectivity index (χ0v) is 15.5. The smallest absolute Gasteiger partial charge is 0.114 e. The Kier molecular flexibility index (Phi) is 6.60. The lowest BCUT2D eigenvalue weighted by Crippen LogP contribution is -2.09. The second kappa shape index (κ2) is 8.68. The molecule has 24 heavy (non-hydrogen) atoms. The lowest BCUT2D eigenvalue weighted by atomic mass is 9.99. The third-order valence-corrected chi connectivity index (χ3v) is 5.05. The van der Waals surface area contributed by atoms with Gasteiger partial charge in [0.2, 0.25) is 0 Å². The molecule has 2 aromatic rings. The van der Waals surface area contributed by atoms with Gasteiger partial charge in [-0.2, -0.15) is 17.0 Å². The largest absolute Gasteiger partial charge is 0.389 e. The monoisotopic (exact) mass is 352 g/mol. The van der Waals surface area contributed by atoms with Gasteiger partial charge >= 0.3 is 0 Å². The predicted molar refractivity (Wildman–Crippen MR) is 108 cm³/mol. The van der Waals surface area contributed by atoms with Gasteiger partial charge in [-0.1, -0.05) is 54.7 Å². The minimum atomic E-state index is 0.137. The molecule has 0 atom stereocenters. The van der Waals surface area contributed by atoms with Gasteiger partial charge < -0.3 is 5.73 Å². The van der Waals surface area contributed by atoms with Gasteiger partial charge in [-0.25, -0.2) is 0 Å². The Balaban J connectivity index is 2.17. The van der Waals surface area contributed by atoms with E-state index < -0.39 is 0 Å². The number of aryl methyl sites for hydroxylation is 2. The molecule has 0 bridgehead atoms. The Labute approximate surface area is 153 Å². The average Bonchev–Trinajstić information content (AvgIpc) is 2.56. The number of hydrogen-bond acceptors (Lipinski definition) is 3. The molecule has 2 nitrogen and oxygen atoms in total. The molecular weight excluding hydrogens is 332 g/mol. The summed E-state index contributed by atoms with van der Waals surface area (Å²) >= 11 is 6.81. The van der Waals surface area contributed by atoms with Gasteiger partial charge in [-0.05, 0) is 47.7 Å². The maximum atomic E-state index is 9.15. The predicted octanol–water partition coefficient (Wildman–Crippen LogP) is 4.93. The number of hydrogen-bond donors (Lipinski definition) is 1. The van der Waals surface area contributed by atoms with Crippen LogP contribution in [0.25, 0.3) is 6.08 Å². The number of thiocarbonyl (C=S) groups is 1. The number of rotatable bonds is 6. The van der Waals surface area contributed by atoms with Crippen molar-refractivity contribution in [3.05, 3.63) is 75.9 Å². The summed E-state index contributed by atoms with van der Waals surface area (Å²) in [6.07, 6.45) is 1.78. The van der Waals surface area contributed by atoms with Gasteiger partial charge in [0.15, 0.2) is 0 Å². The molecular formula is C20H20N2S2. The van der Waals surface area contributed by atoms with E-state index in [1.165, 1.54) is 16.7 Å². The van der Waals surface area contributed by atoms with E-state index in [9.17, 15) is 0 Å². The molecule has 0 amide bonds. The molecule has 122 valence electrons. The second-order valence-corrected chi connectivity index (χ2v) is 7.07.